The van der Waals surface area contributed by atoms with Crippen LogP contribution in [0.5, 0.6) is 5.75 Å². The SMILES string of the molecule is Cc1ccccc1OCC(=O)N(Cc1c(Cl)cccc1Cl)[C@@H](Cc1ccccc1)C(=O)NC(C)C. The number of nitrogens with zero attached hydrogens (tertiary/aromatic N) is 1. The number of rotatable bonds is 10. The number of para-hydroxylation sites is 1. The third kappa shape index (κ3) is 7.48. The fourth-order valence-electron chi connectivity index (χ4n) is 3.73. The van der Waals surface area contributed by atoms with E-state index in [0.717, 1.165) is 11.1 Å². The van der Waals surface area contributed by atoms with E-state index in [1.165, 1.54) is 4.90 Å². The van der Waals surface area contributed by atoms with Crippen molar-refractivity contribution < 1.29 is 14.3 Å². The Balaban J connectivity index is 1.97. The van der Waals surface area contributed by atoms with Gasteiger partial charge in [-0.15, -0.1) is 0 Å². The fourth-order valence-corrected chi connectivity index (χ4v) is 4.25. The van der Waals surface area contributed by atoms with Crippen molar-refractivity contribution in [1.82, 2.24) is 10.2 Å². The third-order valence-corrected chi connectivity index (χ3v) is 6.25. The summed E-state index contributed by atoms with van der Waals surface area (Å²) in [4.78, 5) is 28.5. The van der Waals surface area contributed by atoms with Gasteiger partial charge in [-0.25, -0.2) is 0 Å². The second-order valence-electron chi connectivity index (χ2n) is 8.64. The fraction of sp³-hybridized carbons (Fsp3) is 0.286. The lowest BCUT2D eigenvalue weighted by Crippen LogP contribution is -2.53. The Hall–Kier alpha value is -3.02. The Morgan fingerprint density at radius 2 is 1.54 bits per heavy atom. The largest absolute Gasteiger partial charge is 0.484 e. The van der Waals surface area contributed by atoms with Crippen molar-refractivity contribution >= 4 is 35.0 Å². The number of halogens is 2. The zero-order valence-electron chi connectivity index (χ0n) is 20.1. The lowest BCUT2D eigenvalue weighted by molar-refractivity contribution is -0.143. The molecule has 0 aliphatic rings. The molecule has 0 aliphatic carbocycles. The van der Waals surface area contributed by atoms with E-state index >= 15 is 0 Å². The average molecular weight is 513 g/mol. The van der Waals surface area contributed by atoms with Crippen molar-refractivity contribution in [1.29, 1.82) is 0 Å². The summed E-state index contributed by atoms with van der Waals surface area (Å²) >= 11 is 12.9. The molecule has 1 atom stereocenters. The van der Waals surface area contributed by atoms with Crippen LogP contribution in [-0.2, 0) is 22.6 Å². The van der Waals surface area contributed by atoms with Crippen LogP contribution in [0.1, 0.15) is 30.5 Å². The highest BCUT2D eigenvalue weighted by atomic mass is 35.5. The van der Waals surface area contributed by atoms with Gasteiger partial charge >= 0.3 is 0 Å². The Labute approximate surface area is 217 Å². The summed E-state index contributed by atoms with van der Waals surface area (Å²) in [5, 5.41) is 3.81. The summed E-state index contributed by atoms with van der Waals surface area (Å²) in [6.45, 7) is 5.52. The van der Waals surface area contributed by atoms with Gasteiger partial charge < -0.3 is 15.0 Å². The van der Waals surface area contributed by atoms with Crippen LogP contribution in [-0.4, -0.2) is 35.4 Å². The first-order valence-electron chi connectivity index (χ1n) is 11.5. The van der Waals surface area contributed by atoms with Gasteiger partial charge in [-0.1, -0.05) is 77.8 Å². The molecule has 0 aromatic heterocycles. The Morgan fingerprint density at radius 1 is 0.914 bits per heavy atom. The van der Waals surface area contributed by atoms with Crippen LogP contribution in [0.25, 0.3) is 0 Å². The molecule has 1 N–H and O–H groups in total. The molecule has 3 aromatic carbocycles. The summed E-state index contributed by atoms with van der Waals surface area (Å²) < 4.78 is 5.85. The number of benzene rings is 3. The van der Waals surface area contributed by atoms with Crippen molar-refractivity contribution in [2.24, 2.45) is 0 Å². The van der Waals surface area contributed by atoms with E-state index in [4.69, 9.17) is 27.9 Å². The van der Waals surface area contributed by atoms with E-state index in [1.807, 2.05) is 75.4 Å². The number of carbonyl (C=O) groups excluding carboxylic acids is 2. The molecule has 0 bridgehead atoms. The minimum absolute atomic E-state index is 0.0670. The molecule has 184 valence electrons. The van der Waals surface area contributed by atoms with Gasteiger partial charge in [0.15, 0.2) is 6.61 Å². The monoisotopic (exact) mass is 512 g/mol. The average Bonchev–Trinajstić information content (AvgIpc) is 2.82. The normalized spacial score (nSPS) is 11.7. The maximum atomic E-state index is 13.6. The molecule has 2 amide bonds. The summed E-state index contributed by atoms with van der Waals surface area (Å²) in [6.07, 6.45) is 0.331. The summed E-state index contributed by atoms with van der Waals surface area (Å²) in [5.74, 6) is 0.0168. The number of amides is 2. The van der Waals surface area contributed by atoms with Crippen molar-refractivity contribution in [2.45, 2.75) is 45.8 Å². The smallest absolute Gasteiger partial charge is 0.261 e. The second kappa shape index (κ2) is 12.6. The molecule has 35 heavy (non-hydrogen) atoms. The number of carbonyl (C=O) groups is 2. The van der Waals surface area contributed by atoms with E-state index in [-0.39, 0.29) is 31.0 Å². The van der Waals surface area contributed by atoms with Crippen LogP contribution in [0.15, 0.2) is 72.8 Å². The minimum atomic E-state index is -0.792. The topological polar surface area (TPSA) is 58.6 Å². The minimum Gasteiger partial charge on any atom is -0.484 e. The van der Waals surface area contributed by atoms with E-state index in [2.05, 4.69) is 5.32 Å². The third-order valence-electron chi connectivity index (χ3n) is 5.54. The van der Waals surface area contributed by atoms with Gasteiger partial charge in [0.2, 0.25) is 5.91 Å². The molecular weight excluding hydrogens is 483 g/mol. The Bertz CT molecular complexity index is 1130. The molecule has 0 aliphatic heterocycles. The summed E-state index contributed by atoms with van der Waals surface area (Å²) in [6, 6.07) is 21.4. The van der Waals surface area contributed by atoms with Gasteiger partial charge in [-0.3, -0.25) is 9.59 Å². The molecule has 3 rings (SSSR count). The van der Waals surface area contributed by atoms with Crippen LogP contribution in [0.4, 0.5) is 0 Å². The number of ether oxygens (including phenoxy) is 1. The lowest BCUT2D eigenvalue weighted by Gasteiger charge is -2.32. The number of hydrogen-bond acceptors (Lipinski definition) is 3. The maximum Gasteiger partial charge on any atom is 0.261 e. The van der Waals surface area contributed by atoms with Crippen LogP contribution < -0.4 is 10.1 Å². The molecule has 0 saturated carbocycles. The predicted molar refractivity (Wildman–Crippen MR) is 141 cm³/mol. The van der Waals surface area contributed by atoms with E-state index in [0.29, 0.717) is 27.8 Å². The molecule has 0 heterocycles. The molecule has 0 spiro atoms. The molecular formula is C28H30Cl2N2O3. The molecule has 7 heteroatoms. The van der Waals surface area contributed by atoms with E-state index in [1.54, 1.807) is 18.2 Å². The first-order chi connectivity index (χ1) is 16.8. The molecule has 3 aromatic rings. The second-order valence-corrected chi connectivity index (χ2v) is 9.46. The first-order valence-corrected chi connectivity index (χ1v) is 12.3. The van der Waals surface area contributed by atoms with E-state index in [9.17, 15) is 9.59 Å². The van der Waals surface area contributed by atoms with Gasteiger partial charge in [0.25, 0.3) is 5.91 Å². The van der Waals surface area contributed by atoms with Crippen molar-refractivity contribution in [2.75, 3.05) is 6.61 Å². The summed E-state index contributed by atoms with van der Waals surface area (Å²) in [5.41, 5.74) is 2.43. The van der Waals surface area contributed by atoms with Gasteiger partial charge in [0, 0.05) is 34.6 Å². The van der Waals surface area contributed by atoms with Gasteiger partial charge in [0.05, 0.1) is 0 Å². The van der Waals surface area contributed by atoms with Gasteiger partial charge in [-0.05, 0) is 50.1 Å². The maximum absolute atomic E-state index is 13.6. The quantitative estimate of drug-likeness (QED) is 0.370. The molecule has 0 radical (unpaired) electrons. The summed E-state index contributed by atoms with van der Waals surface area (Å²) in [7, 11) is 0. The first kappa shape index (κ1) is 26.6. The van der Waals surface area contributed by atoms with Crippen LogP contribution >= 0.6 is 23.2 Å². The molecule has 0 fully saturated rings. The number of nitrogens with one attached hydrogen (secondary N) is 1. The standard InChI is InChI=1S/C28H30Cl2N2O3/c1-19(2)31-28(34)25(16-21-11-5-4-6-12-21)32(17-22-23(29)13-9-14-24(22)30)27(33)18-35-26-15-8-7-10-20(26)3/h4-15,19,25H,16-18H2,1-3H3,(H,31,34)/t25-/m0/s1. The molecule has 0 saturated heterocycles. The highest BCUT2D eigenvalue weighted by Crippen LogP contribution is 2.27. The Kier molecular flexibility index (Phi) is 9.58. The predicted octanol–water partition coefficient (Wildman–Crippen LogP) is 5.85. The van der Waals surface area contributed by atoms with Crippen LogP contribution in [0, 0.1) is 6.92 Å². The lowest BCUT2D eigenvalue weighted by atomic mass is 10.0. The van der Waals surface area contributed by atoms with Crippen molar-refractivity contribution in [3.05, 3.63) is 99.5 Å². The highest BCUT2D eigenvalue weighted by Gasteiger charge is 2.32. The molecule has 0 unspecified atom stereocenters. The van der Waals surface area contributed by atoms with Crippen molar-refractivity contribution in [3.8, 4) is 5.75 Å². The van der Waals surface area contributed by atoms with Crippen LogP contribution in [0.2, 0.25) is 10.0 Å². The zero-order chi connectivity index (χ0) is 25.4. The van der Waals surface area contributed by atoms with Crippen LogP contribution in [0.3, 0.4) is 0 Å². The van der Waals surface area contributed by atoms with Gasteiger partial charge in [0.1, 0.15) is 11.8 Å². The zero-order valence-corrected chi connectivity index (χ0v) is 21.6. The Morgan fingerprint density at radius 3 is 2.17 bits per heavy atom. The van der Waals surface area contributed by atoms with E-state index < -0.39 is 6.04 Å². The molecule has 5 nitrogen and oxygen atoms in total. The van der Waals surface area contributed by atoms with Crippen molar-refractivity contribution in [3.63, 3.8) is 0 Å². The highest BCUT2D eigenvalue weighted by molar-refractivity contribution is 6.36. The van der Waals surface area contributed by atoms with Gasteiger partial charge in [-0.2, -0.15) is 0 Å². The number of hydrogen-bond donors (Lipinski definition) is 1. The number of aryl methyl sites for hydroxylation is 1.